The van der Waals surface area contributed by atoms with Crippen molar-refractivity contribution < 1.29 is 22.7 Å². The van der Waals surface area contributed by atoms with Gasteiger partial charge in [0.15, 0.2) is 11.5 Å². The molecule has 1 aromatic carbocycles. The van der Waals surface area contributed by atoms with Gasteiger partial charge >= 0.3 is 0 Å². The molecule has 0 bridgehead atoms. The van der Waals surface area contributed by atoms with Crippen LogP contribution in [0.4, 0.5) is 0 Å². The first-order valence-electron chi connectivity index (χ1n) is 9.72. The first kappa shape index (κ1) is 23.9. The van der Waals surface area contributed by atoms with Gasteiger partial charge in [-0.15, -0.1) is 17.9 Å². The average molecular weight is 453 g/mol. The summed E-state index contributed by atoms with van der Waals surface area (Å²) in [7, 11) is -3.73. The number of hydrogen-bond donors (Lipinski definition) is 1. The van der Waals surface area contributed by atoms with Crippen molar-refractivity contribution in [3.63, 3.8) is 0 Å². The lowest BCUT2D eigenvalue weighted by atomic mass is 10.1. The molecule has 0 fully saturated rings. The highest BCUT2D eigenvalue weighted by Gasteiger charge is 2.26. The van der Waals surface area contributed by atoms with Crippen LogP contribution in [0.3, 0.4) is 0 Å². The summed E-state index contributed by atoms with van der Waals surface area (Å²) < 4.78 is 37.9. The summed E-state index contributed by atoms with van der Waals surface area (Å²) in [4.78, 5) is 12.4. The molecule has 0 spiro atoms. The minimum Gasteiger partial charge on any atom is -0.490 e. The van der Waals surface area contributed by atoms with Crippen LogP contribution in [0, 0.1) is 0 Å². The van der Waals surface area contributed by atoms with E-state index in [0.717, 1.165) is 21.2 Å². The van der Waals surface area contributed by atoms with Crippen molar-refractivity contribution in [1.29, 1.82) is 0 Å². The van der Waals surface area contributed by atoms with Crippen LogP contribution in [0.25, 0.3) is 0 Å². The lowest BCUT2D eigenvalue weighted by Crippen LogP contribution is -2.41. The molecule has 2 rings (SSSR count). The minimum absolute atomic E-state index is 0.0598. The molecule has 1 amide bonds. The molecule has 0 unspecified atom stereocenters. The highest BCUT2D eigenvalue weighted by atomic mass is 32.2. The predicted octanol–water partition coefficient (Wildman–Crippen LogP) is 3.08. The molecule has 0 saturated heterocycles. The molecule has 164 valence electrons. The number of ether oxygens (including phenoxy) is 2. The van der Waals surface area contributed by atoms with Crippen molar-refractivity contribution in [2.75, 3.05) is 32.8 Å². The van der Waals surface area contributed by atoms with Crippen molar-refractivity contribution in [3.05, 3.63) is 53.9 Å². The molecular formula is C21H28N2O5S2. The Morgan fingerprint density at radius 3 is 2.57 bits per heavy atom. The largest absolute Gasteiger partial charge is 0.490 e. The number of thiophene rings is 1. The number of carbonyl (C=O) groups excluding carboxylic acids is 1. The van der Waals surface area contributed by atoms with E-state index in [0.29, 0.717) is 37.7 Å². The van der Waals surface area contributed by atoms with Gasteiger partial charge in [-0.05, 0) is 49.4 Å². The number of amides is 1. The van der Waals surface area contributed by atoms with Crippen LogP contribution in [0.5, 0.6) is 11.5 Å². The molecule has 1 aromatic heterocycles. The molecule has 0 aliphatic rings. The highest BCUT2D eigenvalue weighted by Crippen LogP contribution is 2.28. The van der Waals surface area contributed by atoms with Crippen LogP contribution in [-0.4, -0.2) is 51.5 Å². The zero-order chi connectivity index (χ0) is 22.0. The van der Waals surface area contributed by atoms with Gasteiger partial charge in [-0.1, -0.05) is 18.2 Å². The smallest absolute Gasteiger partial charge is 0.253 e. The first-order valence-corrected chi connectivity index (χ1v) is 12.0. The van der Waals surface area contributed by atoms with Gasteiger partial charge in [0.2, 0.25) is 5.91 Å². The van der Waals surface area contributed by atoms with Crippen LogP contribution < -0.4 is 14.8 Å². The van der Waals surface area contributed by atoms with Crippen molar-refractivity contribution in [1.82, 2.24) is 9.62 Å². The normalized spacial score (nSPS) is 11.3. The van der Waals surface area contributed by atoms with E-state index in [9.17, 15) is 13.2 Å². The number of rotatable bonds is 13. The second-order valence-corrected chi connectivity index (χ2v) is 9.38. The summed E-state index contributed by atoms with van der Waals surface area (Å²) in [5, 5.41) is 4.47. The minimum atomic E-state index is -3.73. The van der Waals surface area contributed by atoms with Gasteiger partial charge in [-0.25, -0.2) is 8.42 Å². The fourth-order valence-electron chi connectivity index (χ4n) is 2.74. The summed E-state index contributed by atoms with van der Waals surface area (Å²) in [5.74, 6) is 0.987. The molecule has 1 N–H and O–H groups in total. The number of nitrogens with one attached hydrogen (secondary N) is 1. The average Bonchev–Trinajstić information content (AvgIpc) is 3.26. The Morgan fingerprint density at radius 2 is 1.93 bits per heavy atom. The van der Waals surface area contributed by atoms with Gasteiger partial charge in [0.25, 0.3) is 10.0 Å². The summed E-state index contributed by atoms with van der Waals surface area (Å²) in [6, 6.07) is 8.86. The third-order valence-corrected chi connectivity index (χ3v) is 7.27. The van der Waals surface area contributed by atoms with Crippen LogP contribution in [-0.2, 0) is 21.2 Å². The summed E-state index contributed by atoms with van der Waals surface area (Å²) in [6.45, 7) is 8.65. The van der Waals surface area contributed by atoms with Crippen LogP contribution in [0.1, 0.15) is 19.4 Å². The zero-order valence-corrected chi connectivity index (χ0v) is 18.9. The van der Waals surface area contributed by atoms with E-state index in [-0.39, 0.29) is 23.2 Å². The number of carbonyl (C=O) groups is 1. The summed E-state index contributed by atoms with van der Waals surface area (Å²) in [5.41, 5.74) is 0.983. The molecule has 9 heteroatoms. The molecule has 7 nitrogen and oxygen atoms in total. The molecule has 0 saturated carbocycles. The summed E-state index contributed by atoms with van der Waals surface area (Å²) >= 11 is 1.12. The maximum Gasteiger partial charge on any atom is 0.253 e. The van der Waals surface area contributed by atoms with Crippen molar-refractivity contribution in [2.45, 2.75) is 24.5 Å². The second-order valence-electron chi connectivity index (χ2n) is 6.27. The first-order chi connectivity index (χ1) is 14.4. The van der Waals surface area contributed by atoms with Gasteiger partial charge < -0.3 is 14.8 Å². The Hall–Kier alpha value is -2.36. The monoisotopic (exact) mass is 452 g/mol. The second kappa shape index (κ2) is 11.7. The highest BCUT2D eigenvalue weighted by molar-refractivity contribution is 7.91. The Labute approximate surface area is 182 Å². The third kappa shape index (κ3) is 6.58. The van der Waals surface area contributed by atoms with Gasteiger partial charge in [-0.2, -0.15) is 4.31 Å². The third-order valence-electron chi connectivity index (χ3n) is 4.09. The fraction of sp³-hybridized carbons (Fsp3) is 0.381. The van der Waals surface area contributed by atoms with E-state index in [1.807, 2.05) is 32.0 Å². The van der Waals surface area contributed by atoms with E-state index in [1.165, 1.54) is 12.1 Å². The molecule has 0 atom stereocenters. The van der Waals surface area contributed by atoms with E-state index >= 15 is 0 Å². The predicted molar refractivity (Wildman–Crippen MR) is 119 cm³/mol. The van der Waals surface area contributed by atoms with E-state index in [1.54, 1.807) is 11.4 Å². The molecule has 0 aliphatic heterocycles. The Morgan fingerprint density at radius 1 is 1.20 bits per heavy atom. The molecule has 2 aromatic rings. The fourth-order valence-corrected chi connectivity index (χ4v) is 5.25. The van der Waals surface area contributed by atoms with E-state index in [4.69, 9.17) is 9.47 Å². The maximum atomic E-state index is 12.7. The SMILES string of the molecule is C=CCN(CC(=O)NCCc1ccc(OCC)c(OCC)c1)S(=O)(=O)c1cccs1. The number of benzene rings is 1. The standard InChI is InChI=1S/C21H28N2O5S2/c1-4-13-23(30(25,26)21-8-7-14-29-21)16-20(24)22-12-11-17-9-10-18(27-5-2)19(15-17)28-6-3/h4,7-10,14-15H,1,5-6,11-13,16H2,2-3H3,(H,22,24). The van der Waals surface area contributed by atoms with Crippen LogP contribution >= 0.6 is 11.3 Å². The topological polar surface area (TPSA) is 84.9 Å². The number of nitrogens with zero attached hydrogens (tertiary/aromatic N) is 1. The Bertz CT molecular complexity index is 927. The van der Waals surface area contributed by atoms with Crippen molar-refractivity contribution in [3.8, 4) is 11.5 Å². The number of hydrogen-bond acceptors (Lipinski definition) is 6. The lowest BCUT2D eigenvalue weighted by Gasteiger charge is -2.19. The van der Waals surface area contributed by atoms with E-state index < -0.39 is 10.0 Å². The van der Waals surface area contributed by atoms with Gasteiger partial charge in [0, 0.05) is 13.1 Å². The zero-order valence-electron chi connectivity index (χ0n) is 17.3. The van der Waals surface area contributed by atoms with E-state index in [2.05, 4.69) is 11.9 Å². The molecule has 30 heavy (non-hydrogen) atoms. The number of sulfonamides is 1. The quantitative estimate of drug-likeness (QED) is 0.472. The molecule has 0 radical (unpaired) electrons. The van der Waals surface area contributed by atoms with Gasteiger partial charge in [-0.3, -0.25) is 4.79 Å². The van der Waals surface area contributed by atoms with Crippen LogP contribution in [0.15, 0.2) is 52.6 Å². The Kier molecular flexibility index (Phi) is 9.35. The Balaban J connectivity index is 1.95. The van der Waals surface area contributed by atoms with Crippen LogP contribution in [0.2, 0.25) is 0 Å². The molecular weight excluding hydrogens is 424 g/mol. The lowest BCUT2D eigenvalue weighted by molar-refractivity contribution is -0.121. The van der Waals surface area contributed by atoms with Gasteiger partial charge in [0.1, 0.15) is 4.21 Å². The molecule has 0 aliphatic carbocycles. The molecule has 1 heterocycles. The summed E-state index contributed by atoms with van der Waals surface area (Å²) in [6.07, 6.45) is 2.05. The van der Waals surface area contributed by atoms with Crippen molar-refractivity contribution >= 4 is 27.3 Å². The van der Waals surface area contributed by atoms with Gasteiger partial charge in [0.05, 0.1) is 19.8 Å². The van der Waals surface area contributed by atoms with Crippen molar-refractivity contribution in [2.24, 2.45) is 0 Å². The maximum absolute atomic E-state index is 12.7.